The molecule has 3 aliphatic rings. The molecule has 5 nitrogen and oxygen atoms in total. The fraction of sp³-hybridized carbons (Fsp3) is 0.458. The van der Waals surface area contributed by atoms with Crippen molar-refractivity contribution in [3.63, 3.8) is 0 Å². The number of halogens is 2. The van der Waals surface area contributed by atoms with E-state index in [4.69, 9.17) is 23.2 Å². The van der Waals surface area contributed by atoms with Crippen LogP contribution in [0.3, 0.4) is 0 Å². The Kier molecular flexibility index (Phi) is 7.15. The Bertz CT molecular complexity index is 1100. The number of nitrogens with zero attached hydrogens (tertiary/aromatic N) is 1. The van der Waals surface area contributed by atoms with Crippen molar-refractivity contribution >= 4 is 38.9 Å². The van der Waals surface area contributed by atoms with Crippen molar-refractivity contribution in [3.8, 4) is 0 Å². The zero-order valence-electron chi connectivity index (χ0n) is 18.1. The van der Waals surface area contributed by atoms with Gasteiger partial charge in [0.05, 0.1) is 22.4 Å². The first-order chi connectivity index (χ1) is 15.2. The van der Waals surface area contributed by atoms with E-state index in [2.05, 4.69) is 23.3 Å². The molecule has 1 unspecified atom stereocenters. The quantitative estimate of drug-likeness (QED) is 0.553. The van der Waals surface area contributed by atoms with Crippen molar-refractivity contribution in [2.45, 2.75) is 38.1 Å². The third kappa shape index (κ3) is 5.66. The number of allylic oxidation sites excluding steroid dienone is 3. The second kappa shape index (κ2) is 9.72. The molecular formula is C24H28Cl2N2O3S. The average molecular weight is 495 g/mol. The van der Waals surface area contributed by atoms with Crippen LogP contribution in [0.4, 0.5) is 0 Å². The molecular weight excluding hydrogens is 467 g/mol. The van der Waals surface area contributed by atoms with Gasteiger partial charge in [-0.05, 0) is 80.5 Å². The zero-order chi connectivity index (χ0) is 22.9. The van der Waals surface area contributed by atoms with Crippen LogP contribution in [0.2, 0.25) is 10.0 Å². The molecule has 32 heavy (non-hydrogen) atoms. The first kappa shape index (κ1) is 23.6. The van der Waals surface area contributed by atoms with Gasteiger partial charge in [-0.3, -0.25) is 4.79 Å². The molecule has 1 fully saturated rings. The summed E-state index contributed by atoms with van der Waals surface area (Å²) >= 11 is 12.2. The van der Waals surface area contributed by atoms with Gasteiger partial charge >= 0.3 is 0 Å². The molecule has 0 bridgehead atoms. The molecule has 4 rings (SSSR count). The maximum Gasteiger partial charge on any atom is 0.253 e. The summed E-state index contributed by atoms with van der Waals surface area (Å²) in [5.74, 6) is 0.306. The van der Waals surface area contributed by atoms with Gasteiger partial charge < -0.3 is 10.2 Å². The van der Waals surface area contributed by atoms with Crippen molar-refractivity contribution in [1.82, 2.24) is 10.2 Å². The van der Waals surface area contributed by atoms with E-state index in [0.717, 1.165) is 43.5 Å². The highest BCUT2D eigenvalue weighted by atomic mass is 35.5. The van der Waals surface area contributed by atoms with Crippen LogP contribution in [0.1, 0.15) is 42.5 Å². The number of hydrogen-bond acceptors (Lipinski definition) is 4. The van der Waals surface area contributed by atoms with Gasteiger partial charge in [-0.2, -0.15) is 0 Å². The number of amides is 1. The molecule has 1 N–H and O–H groups in total. The maximum atomic E-state index is 13.1. The van der Waals surface area contributed by atoms with Gasteiger partial charge in [0.2, 0.25) is 0 Å². The summed E-state index contributed by atoms with van der Waals surface area (Å²) < 4.78 is 25.3. The summed E-state index contributed by atoms with van der Waals surface area (Å²) in [7, 11) is -1.15. The third-order valence-electron chi connectivity index (χ3n) is 6.26. The summed E-state index contributed by atoms with van der Waals surface area (Å²) in [6.07, 6.45) is 9.79. The predicted octanol–water partition coefficient (Wildman–Crippen LogP) is 4.78. The smallest absolute Gasteiger partial charge is 0.253 e. The largest absolute Gasteiger partial charge is 0.342 e. The van der Waals surface area contributed by atoms with E-state index < -0.39 is 9.84 Å². The number of benzene rings is 1. The van der Waals surface area contributed by atoms with Crippen molar-refractivity contribution < 1.29 is 13.2 Å². The highest BCUT2D eigenvalue weighted by Gasteiger charge is 2.32. The molecule has 0 radical (unpaired) electrons. The Morgan fingerprint density at radius 2 is 1.97 bits per heavy atom. The minimum atomic E-state index is -3.20. The highest BCUT2D eigenvalue weighted by Crippen LogP contribution is 2.35. The number of carbonyl (C=O) groups is 1. The zero-order valence-corrected chi connectivity index (χ0v) is 20.4. The van der Waals surface area contributed by atoms with Gasteiger partial charge in [-0.25, -0.2) is 8.42 Å². The monoisotopic (exact) mass is 494 g/mol. The second-order valence-corrected chi connectivity index (χ2v) is 11.9. The van der Waals surface area contributed by atoms with Gasteiger partial charge in [-0.1, -0.05) is 35.4 Å². The molecule has 1 amide bonds. The summed E-state index contributed by atoms with van der Waals surface area (Å²) in [6, 6.07) is 4.52. The van der Waals surface area contributed by atoms with Gasteiger partial charge in [0.15, 0.2) is 9.84 Å². The van der Waals surface area contributed by atoms with Crippen LogP contribution in [0.5, 0.6) is 0 Å². The minimum Gasteiger partial charge on any atom is -0.342 e. The van der Waals surface area contributed by atoms with Crippen molar-refractivity contribution in [3.05, 3.63) is 68.1 Å². The van der Waals surface area contributed by atoms with Gasteiger partial charge in [-0.15, -0.1) is 0 Å². The van der Waals surface area contributed by atoms with E-state index >= 15 is 0 Å². The maximum absolute atomic E-state index is 13.1. The molecule has 1 aliphatic heterocycles. The molecule has 172 valence electrons. The summed E-state index contributed by atoms with van der Waals surface area (Å²) in [5.41, 5.74) is 2.49. The fourth-order valence-corrected chi connectivity index (χ4v) is 6.63. The SMILES string of the molecule is CN1CCC=C(C(NC(=O)c2ccc(Cl)cc2Cl)C2=CC=C(S(=O)(=O)CC3CC3)CC2)C1. The summed E-state index contributed by atoms with van der Waals surface area (Å²) in [6.45, 7) is 1.71. The van der Waals surface area contributed by atoms with E-state index in [1.807, 2.05) is 6.08 Å². The molecule has 0 aromatic heterocycles. The average Bonchev–Trinajstić information content (AvgIpc) is 3.55. The van der Waals surface area contributed by atoms with Crippen molar-refractivity contribution in [1.29, 1.82) is 0 Å². The van der Waals surface area contributed by atoms with E-state index in [0.29, 0.717) is 39.3 Å². The third-order valence-corrected chi connectivity index (χ3v) is 8.85. The Labute approximate surface area is 200 Å². The molecule has 0 spiro atoms. The number of likely N-dealkylation sites (N-methyl/N-ethyl adjacent to an activating group) is 1. The van der Waals surface area contributed by atoms with Gasteiger partial charge in [0.25, 0.3) is 5.91 Å². The molecule has 1 atom stereocenters. The molecule has 2 aliphatic carbocycles. The second-order valence-electron chi connectivity index (χ2n) is 8.94. The van der Waals surface area contributed by atoms with Crippen LogP contribution in [0, 0.1) is 5.92 Å². The molecule has 0 saturated heterocycles. The lowest BCUT2D eigenvalue weighted by Crippen LogP contribution is -2.42. The van der Waals surface area contributed by atoms with Gasteiger partial charge in [0, 0.05) is 23.0 Å². The number of sulfone groups is 1. The minimum absolute atomic E-state index is 0.257. The van der Waals surface area contributed by atoms with Crippen LogP contribution in [0.15, 0.2) is 52.5 Å². The van der Waals surface area contributed by atoms with Crippen molar-refractivity contribution in [2.75, 3.05) is 25.9 Å². The van der Waals surface area contributed by atoms with E-state index in [-0.39, 0.29) is 17.7 Å². The fourth-order valence-electron chi connectivity index (χ4n) is 4.28. The predicted molar refractivity (Wildman–Crippen MR) is 130 cm³/mol. The molecule has 8 heteroatoms. The van der Waals surface area contributed by atoms with E-state index in [1.165, 1.54) is 0 Å². The lowest BCUT2D eigenvalue weighted by molar-refractivity contribution is 0.0945. The lowest BCUT2D eigenvalue weighted by Gasteiger charge is -2.32. The number of hydrogen-bond donors (Lipinski definition) is 1. The number of rotatable bonds is 7. The lowest BCUT2D eigenvalue weighted by atomic mass is 9.90. The first-order valence-electron chi connectivity index (χ1n) is 11.0. The van der Waals surface area contributed by atoms with Gasteiger partial charge in [0.1, 0.15) is 0 Å². The number of carbonyl (C=O) groups excluding carboxylic acids is 1. The molecule has 1 heterocycles. The van der Waals surface area contributed by atoms with Crippen LogP contribution < -0.4 is 5.32 Å². The Morgan fingerprint density at radius 1 is 1.19 bits per heavy atom. The molecule has 1 aromatic carbocycles. The van der Waals surface area contributed by atoms with E-state index in [9.17, 15) is 13.2 Å². The number of nitrogens with one attached hydrogen (secondary N) is 1. The van der Waals surface area contributed by atoms with Crippen LogP contribution in [-0.2, 0) is 9.84 Å². The normalized spacial score (nSPS) is 20.8. The Balaban J connectivity index is 1.60. The first-order valence-corrected chi connectivity index (χ1v) is 13.4. The molecule has 1 aromatic rings. The van der Waals surface area contributed by atoms with Crippen LogP contribution in [-0.4, -0.2) is 51.2 Å². The summed E-state index contributed by atoms with van der Waals surface area (Å²) in [5, 5.41) is 3.91. The van der Waals surface area contributed by atoms with Crippen LogP contribution >= 0.6 is 23.2 Å². The Morgan fingerprint density at radius 3 is 2.59 bits per heavy atom. The topological polar surface area (TPSA) is 66.5 Å². The summed E-state index contributed by atoms with van der Waals surface area (Å²) in [4.78, 5) is 15.8. The van der Waals surface area contributed by atoms with Crippen LogP contribution in [0.25, 0.3) is 0 Å². The Hall–Kier alpha value is -1.60. The van der Waals surface area contributed by atoms with Crippen molar-refractivity contribution in [2.24, 2.45) is 5.92 Å². The standard InChI is InChI=1S/C24H28Cl2N2O3S/c1-28-12-2-3-18(14-28)23(27-24(29)21-11-8-19(25)13-22(21)26)17-6-9-20(10-7-17)32(30,31)15-16-4-5-16/h3,6,8-9,11,13,16,23H,2,4-5,7,10,12,14-15H2,1H3,(H,27,29). The van der Waals surface area contributed by atoms with E-state index in [1.54, 1.807) is 24.3 Å². The highest BCUT2D eigenvalue weighted by molar-refractivity contribution is 7.95. The molecule has 1 saturated carbocycles.